The molecule has 0 aliphatic heterocycles. The molecule has 0 radical (unpaired) electrons. The molecule has 0 aliphatic carbocycles. The van der Waals surface area contributed by atoms with Crippen molar-refractivity contribution in [2.45, 2.75) is 13.3 Å². The van der Waals surface area contributed by atoms with Crippen molar-refractivity contribution in [2.24, 2.45) is 0 Å². The Morgan fingerprint density at radius 2 is 2.17 bits per heavy atom. The first-order chi connectivity index (χ1) is 5.61. The zero-order valence-electron chi connectivity index (χ0n) is 7.63. The maximum atomic E-state index is 11.2. The largest absolute Gasteiger partial charge is 0.365 e. The highest BCUT2D eigenvalue weighted by atomic mass is 35.5. The van der Waals surface area contributed by atoms with Crippen molar-refractivity contribution in [3.05, 3.63) is 11.6 Å². The summed E-state index contributed by atoms with van der Waals surface area (Å²) in [7, 11) is 3.32. The third-order valence-electron chi connectivity index (χ3n) is 1.23. The van der Waals surface area contributed by atoms with Crippen LogP contribution >= 0.6 is 11.6 Å². The summed E-state index contributed by atoms with van der Waals surface area (Å²) in [6.07, 6.45) is 2.30. The average Bonchev–Trinajstić information content (AvgIpc) is 1.98. The molecule has 0 unspecified atom stereocenters. The summed E-state index contributed by atoms with van der Waals surface area (Å²) in [5.41, 5.74) is 0.610. The van der Waals surface area contributed by atoms with Crippen molar-refractivity contribution in [2.75, 3.05) is 20.0 Å². The Kier molecular flexibility index (Phi) is 5.76. The van der Waals surface area contributed by atoms with Crippen molar-refractivity contribution in [1.29, 1.82) is 0 Å². The predicted molar refractivity (Wildman–Crippen MR) is 48.9 cm³/mol. The van der Waals surface area contributed by atoms with Gasteiger partial charge in [-0.05, 0) is 6.42 Å². The molecular formula is C8H14ClNO2. The fraction of sp³-hybridized carbons (Fsp3) is 0.625. The quantitative estimate of drug-likeness (QED) is 0.384. The summed E-state index contributed by atoms with van der Waals surface area (Å²) < 4.78 is 0. The number of alkyl halides is 1. The highest BCUT2D eigenvalue weighted by molar-refractivity contribution is 6.19. The molecule has 0 fully saturated rings. The van der Waals surface area contributed by atoms with E-state index in [1.54, 1.807) is 20.2 Å². The number of carbonyl (C=O) groups is 1. The summed E-state index contributed by atoms with van der Waals surface area (Å²) in [5, 5.41) is 1.36. The van der Waals surface area contributed by atoms with Crippen LogP contribution in [0.4, 0.5) is 0 Å². The van der Waals surface area contributed by atoms with E-state index >= 15 is 0 Å². The van der Waals surface area contributed by atoms with Crippen LogP contribution in [0.5, 0.6) is 0 Å². The first-order valence-corrected chi connectivity index (χ1v) is 4.29. The lowest BCUT2D eigenvalue weighted by molar-refractivity contribution is -0.173. The second-order valence-corrected chi connectivity index (χ2v) is 2.74. The van der Waals surface area contributed by atoms with Gasteiger partial charge in [0.15, 0.2) is 0 Å². The van der Waals surface area contributed by atoms with Crippen molar-refractivity contribution in [3.8, 4) is 0 Å². The Labute approximate surface area is 77.9 Å². The van der Waals surface area contributed by atoms with Gasteiger partial charge in [0.2, 0.25) is 0 Å². The van der Waals surface area contributed by atoms with E-state index in [1.165, 1.54) is 5.06 Å². The van der Waals surface area contributed by atoms with E-state index in [1.807, 2.05) is 6.92 Å². The molecule has 0 saturated heterocycles. The summed E-state index contributed by atoms with van der Waals surface area (Å²) in [5.74, 6) is 0.00857. The van der Waals surface area contributed by atoms with Crippen molar-refractivity contribution in [1.82, 2.24) is 5.06 Å². The zero-order valence-corrected chi connectivity index (χ0v) is 8.39. The molecule has 4 heteroatoms. The number of hydroxylamine groups is 2. The normalized spacial score (nSPS) is 11.9. The van der Waals surface area contributed by atoms with Gasteiger partial charge < -0.3 is 4.84 Å². The Balaban J connectivity index is 4.13. The van der Waals surface area contributed by atoms with Crippen molar-refractivity contribution < 1.29 is 9.63 Å². The molecule has 0 aromatic carbocycles. The van der Waals surface area contributed by atoms with E-state index in [0.717, 1.165) is 0 Å². The molecule has 0 bridgehead atoms. The standard InChI is InChI=1S/C8H14ClNO2/c1-4-7(5-6-9)8(11)12-10(2)3/h5H,4,6H2,1-3H3. The fourth-order valence-electron chi connectivity index (χ4n) is 0.690. The summed E-state index contributed by atoms with van der Waals surface area (Å²) in [6.45, 7) is 1.88. The zero-order chi connectivity index (χ0) is 9.56. The molecule has 3 nitrogen and oxygen atoms in total. The van der Waals surface area contributed by atoms with Crippen LogP contribution in [-0.4, -0.2) is 31.0 Å². The summed E-state index contributed by atoms with van der Waals surface area (Å²) in [4.78, 5) is 16.0. The van der Waals surface area contributed by atoms with Crippen LogP contribution in [-0.2, 0) is 9.63 Å². The average molecular weight is 192 g/mol. The number of rotatable bonds is 4. The molecule has 0 saturated carbocycles. The van der Waals surface area contributed by atoms with Crippen LogP contribution in [0.25, 0.3) is 0 Å². The molecule has 12 heavy (non-hydrogen) atoms. The smallest absolute Gasteiger partial charge is 0.352 e. The second kappa shape index (κ2) is 6.03. The van der Waals surface area contributed by atoms with Crippen LogP contribution < -0.4 is 0 Å². The van der Waals surface area contributed by atoms with Crippen LogP contribution in [0.3, 0.4) is 0 Å². The van der Waals surface area contributed by atoms with Gasteiger partial charge in [0, 0.05) is 25.5 Å². The Bertz CT molecular complexity index is 178. The number of carbonyl (C=O) groups excluding carboxylic acids is 1. The molecule has 0 aromatic heterocycles. The molecule has 70 valence electrons. The van der Waals surface area contributed by atoms with Crippen molar-refractivity contribution in [3.63, 3.8) is 0 Å². The minimum Gasteiger partial charge on any atom is -0.365 e. The molecule has 0 heterocycles. The molecule has 0 atom stereocenters. The minimum absolute atomic E-state index is 0.330. The minimum atomic E-state index is -0.330. The predicted octanol–water partition coefficient (Wildman–Crippen LogP) is 1.58. The Morgan fingerprint density at radius 1 is 1.58 bits per heavy atom. The lowest BCUT2D eigenvalue weighted by Gasteiger charge is -2.10. The highest BCUT2D eigenvalue weighted by Crippen LogP contribution is 2.04. The Morgan fingerprint density at radius 3 is 2.50 bits per heavy atom. The van der Waals surface area contributed by atoms with E-state index in [-0.39, 0.29) is 5.97 Å². The number of hydrogen-bond donors (Lipinski definition) is 0. The van der Waals surface area contributed by atoms with Gasteiger partial charge >= 0.3 is 5.97 Å². The van der Waals surface area contributed by atoms with Gasteiger partial charge in [-0.15, -0.1) is 16.7 Å². The number of halogens is 1. The molecule has 0 N–H and O–H groups in total. The van der Waals surface area contributed by atoms with Gasteiger partial charge in [0.1, 0.15) is 0 Å². The van der Waals surface area contributed by atoms with Gasteiger partial charge in [-0.25, -0.2) is 4.79 Å². The van der Waals surface area contributed by atoms with E-state index in [2.05, 4.69) is 0 Å². The highest BCUT2D eigenvalue weighted by Gasteiger charge is 2.09. The van der Waals surface area contributed by atoms with Gasteiger partial charge in [0.05, 0.1) is 0 Å². The lowest BCUT2D eigenvalue weighted by atomic mass is 10.2. The molecule has 0 aromatic rings. The second-order valence-electron chi connectivity index (χ2n) is 2.43. The molecule has 0 aliphatic rings. The molecule has 0 rings (SSSR count). The van der Waals surface area contributed by atoms with Gasteiger partial charge in [-0.3, -0.25) is 0 Å². The monoisotopic (exact) mass is 191 g/mol. The fourth-order valence-corrected chi connectivity index (χ4v) is 0.876. The lowest BCUT2D eigenvalue weighted by Crippen LogP contribution is -2.19. The molecule has 0 amide bonds. The first kappa shape index (κ1) is 11.5. The topological polar surface area (TPSA) is 29.5 Å². The van der Waals surface area contributed by atoms with E-state index < -0.39 is 0 Å². The first-order valence-electron chi connectivity index (χ1n) is 3.76. The van der Waals surface area contributed by atoms with Crippen LogP contribution in [0, 0.1) is 0 Å². The SMILES string of the molecule is CCC(=CCCl)C(=O)ON(C)C. The van der Waals surface area contributed by atoms with E-state index in [0.29, 0.717) is 17.9 Å². The number of hydrogen-bond acceptors (Lipinski definition) is 3. The Hall–Kier alpha value is -0.540. The van der Waals surface area contributed by atoms with E-state index in [9.17, 15) is 4.79 Å². The number of nitrogens with zero attached hydrogens (tertiary/aromatic N) is 1. The van der Waals surface area contributed by atoms with Crippen LogP contribution in [0.1, 0.15) is 13.3 Å². The van der Waals surface area contributed by atoms with Crippen LogP contribution in [0.2, 0.25) is 0 Å². The van der Waals surface area contributed by atoms with Gasteiger partial charge in [0.25, 0.3) is 0 Å². The maximum Gasteiger partial charge on any atom is 0.352 e. The van der Waals surface area contributed by atoms with E-state index in [4.69, 9.17) is 16.4 Å². The van der Waals surface area contributed by atoms with Gasteiger partial charge in [-0.2, -0.15) is 0 Å². The number of allylic oxidation sites excluding steroid dienone is 1. The summed E-state index contributed by atoms with van der Waals surface area (Å²) >= 11 is 5.46. The van der Waals surface area contributed by atoms with Gasteiger partial charge in [-0.1, -0.05) is 13.0 Å². The van der Waals surface area contributed by atoms with Crippen molar-refractivity contribution >= 4 is 17.6 Å². The molecular weight excluding hydrogens is 178 g/mol. The third kappa shape index (κ3) is 4.36. The maximum absolute atomic E-state index is 11.2. The summed E-state index contributed by atoms with van der Waals surface area (Å²) in [6, 6.07) is 0. The molecule has 0 spiro atoms. The van der Waals surface area contributed by atoms with Crippen LogP contribution in [0.15, 0.2) is 11.6 Å². The third-order valence-corrected chi connectivity index (χ3v) is 1.39.